The highest BCUT2D eigenvalue weighted by atomic mass is 32.2. The second-order valence-electron chi connectivity index (χ2n) is 5.93. The average molecular weight is 370 g/mol. The molecule has 0 atom stereocenters. The van der Waals surface area contributed by atoms with Gasteiger partial charge in [-0.25, -0.2) is 4.39 Å². The minimum atomic E-state index is -0.212. The van der Waals surface area contributed by atoms with Crippen molar-refractivity contribution in [2.75, 3.05) is 18.1 Å². The van der Waals surface area contributed by atoms with E-state index in [-0.39, 0.29) is 5.82 Å². The van der Waals surface area contributed by atoms with Gasteiger partial charge in [-0.2, -0.15) is 0 Å². The van der Waals surface area contributed by atoms with E-state index < -0.39 is 0 Å². The number of hydrogen-bond donors (Lipinski definition) is 0. The maximum atomic E-state index is 13.3. The number of ether oxygens (including phenoxy) is 1. The van der Waals surface area contributed by atoms with Gasteiger partial charge in [0.25, 0.3) is 0 Å². The zero-order chi connectivity index (χ0) is 17.9. The van der Waals surface area contributed by atoms with Crippen LogP contribution in [0.4, 0.5) is 16.0 Å². The van der Waals surface area contributed by atoms with E-state index in [9.17, 15) is 4.39 Å². The third kappa shape index (κ3) is 3.39. The number of rotatable bonds is 6. The molecule has 2 heterocycles. The molecule has 26 heavy (non-hydrogen) atoms. The third-order valence-electron chi connectivity index (χ3n) is 4.20. The Morgan fingerprint density at radius 1 is 1.12 bits per heavy atom. The first-order chi connectivity index (χ1) is 12.7. The lowest BCUT2D eigenvalue weighted by molar-refractivity contribution is 0.340. The molecule has 0 spiro atoms. The first-order valence-electron chi connectivity index (χ1n) is 8.55. The molecule has 5 nitrogen and oxygen atoms in total. The summed E-state index contributed by atoms with van der Waals surface area (Å²) in [5.41, 5.74) is 2.01. The van der Waals surface area contributed by atoms with Gasteiger partial charge in [-0.05, 0) is 48.9 Å². The van der Waals surface area contributed by atoms with Gasteiger partial charge in [-0.1, -0.05) is 23.9 Å². The maximum absolute atomic E-state index is 13.3. The molecule has 1 aliphatic heterocycles. The van der Waals surface area contributed by atoms with Crippen LogP contribution in [0, 0.1) is 5.82 Å². The predicted octanol–water partition coefficient (Wildman–Crippen LogP) is 4.26. The molecule has 0 radical (unpaired) electrons. The second-order valence-corrected chi connectivity index (χ2v) is 6.87. The van der Waals surface area contributed by atoms with Gasteiger partial charge in [0.15, 0.2) is 5.16 Å². The fourth-order valence-corrected chi connectivity index (χ4v) is 3.89. The van der Waals surface area contributed by atoms with Crippen LogP contribution in [0.1, 0.15) is 12.5 Å². The molecule has 0 saturated heterocycles. The number of halogens is 1. The van der Waals surface area contributed by atoms with Gasteiger partial charge < -0.3 is 9.64 Å². The number of aromatic nitrogens is 3. The van der Waals surface area contributed by atoms with Gasteiger partial charge in [0.2, 0.25) is 5.95 Å². The monoisotopic (exact) mass is 370 g/mol. The van der Waals surface area contributed by atoms with Gasteiger partial charge in [0.1, 0.15) is 11.6 Å². The lowest BCUT2D eigenvalue weighted by atomic mass is 10.2. The van der Waals surface area contributed by atoms with Gasteiger partial charge >= 0.3 is 0 Å². The fourth-order valence-electron chi connectivity index (χ4n) is 2.99. The van der Waals surface area contributed by atoms with E-state index in [1.165, 1.54) is 6.07 Å². The normalized spacial score (nSPS) is 13.1. The Balaban J connectivity index is 1.48. The molecule has 3 aromatic rings. The zero-order valence-corrected chi connectivity index (χ0v) is 15.2. The van der Waals surface area contributed by atoms with E-state index in [4.69, 9.17) is 4.74 Å². The summed E-state index contributed by atoms with van der Waals surface area (Å²) in [5.74, 6) is 2.16. The number of benzene rings is 2. The largest absolute Gasteiger partial charge is 0.494 e. The Kier molecular flexibility index (Phi) is 4.79. The van der Waals surface area contributed by atoms with Crippen LogP contribution >= 0.6 is 11.8 Å². The summed E-state index contributed by atoms with van der Waals surface area (Å²) in [7, 11) is 0. The minimum absolute atomic E-state index is 0.212. The summed E-state index contributed by atoms with van der Waals surface area (Å²) in [6.07, 6.45) is 0. The first-order valence-corrected chi connectivity index (χ1v) is 9.54. The number of anilines is 2. The van der Waals surface area contributed by atoms with Crippen LogP contribution < -0.4 is 9.64 Å². The first kappa shape index (κ1) is 16.9. The number of hydrogen-bond acceptors (Lipinski definition) is 5. The molecule has 0 amide bonds. The average Bonchev–Trinajstić information content (AvgIpc) is 3.23. The van der Waals surface area contributed by atoms with Gasteiger partial charge in [0, 0.05) is 24.5 Å². The van der Waals surface area contributed by atoms with Gasteiger partial charge in [0.05, 0.1) is 6.61 Å². The third-order valence-corrected chi connectivity index (χ3v) is 5.24. The summed E-state index contributed by atoms with van der Waals surface area (Å²) in [5, 5.41) is 9.53. The van der Waals surface area contributed by atoms with Crippen molar-refractivity contribution < 1.29 is 9.13 Å². The molecule has 0 bridgehead atoms. The van der Waals surface area contributed by atoms with E-state index in [0.717, 1.165) is 41.2 Å². The smallest absolute Gasteiger partial charge is 0.232 e. The zero-order valence-electron chi connectivity index (χ0n) is 14.4. The van der Waals surface area contributed by atoms with Crippen molar-refractivity contribution in [1.82, 2.24) is 14.8 Å². The molecule has 0 N–H and O–H groups in total. The molecule has 0 fully saturated rings. The Labute approximate surface area is 155 Å². The van der Waals surface area contributed by atoms with Crippen molar-refractivity contribution in [2.45, 2.75) is 24.4 Å². The molecular formula is C19H19FN4OS. The molecule has 4 rings (SSSR count). The van der Waals surface area contributed by atoms with Crippen LogP contribution in [-0.4, -0.2) is 27.9 Å². The molecule has 2 aromatic carbocycles. The van der Waals surface area contributed by atoms with E-state index in [0.29, 0.717) is 12.4 Å². The van der Waals surface area contributed by atoms with Crippen LogP contribution in [0.15, 0.2) is 53.7 Å². The summed E-state index contributed by atoms with van der Waals surface area (Å²) in [6.45, 7) is 4.32. The topological polar surface area (TPSA) is 43.2 Å². The van der Waals surface area contributed by atoms with Crippen molar-refractivity contribution in [3.63, 3.8) is 0 Å². The van der Waals surface area contributed by atoms with Crippen molar-refractivity contribution in [1.29, 1.82) is 0 Å². The van der Waals surface area contributed by atoms with E-state index in [1.54, 1.807) is 23.9 Å². The number of fused-ring (bicyclic) bond motifs is 1. The summed E-state index contributed by atoms with van der Waals surface area (Å²) >= 11 is 1.58. The molecule has 134 valence electrons. The van der Waals surface area contributed by atoms with Crippen molar-refractivity contribution in [3.05, 3.63) is 59.9 Å². The Bertz CT molecular complexity index is 897. The number of nitrogens with zero attached hydrogens (tertiary/aromatic N) is 4. The highest BCUT2D eigenvalue weighted by Gasteiger charge is 2.26. The fraction of sp³-hybridized carbons (Fsp3) is 0.263. The quantitative estimate of drug-likeness (QED) is 0.607. The van der Waals surface area contributed by atoms with Crippen LogP contribution in [0.3, 0.4) is 0 Å². The second kappa shape index (κ2) is 7.37. The lowest BCUT2D eigenvalue weighted by Crippen LogP contribution is -2.14. The van der Waals surface area contributed by atoms with Crippen molar-refractivity contribution in [2.24, 2.45) is 0 Å². The Morgan fingerprint density at radius 3 is 2.73 bits per heavy atom. The lowest BCUT2D eigenvalue weighted by Gasteiger charge is -2.15. The Hall–Kier alpha value is -2.54. The minimum Gasteiger partial charge on any atom is -0.494 e. The van der Waals surface area contributed by atoms with Crippen molar-refractivity contribution >= 4 is 23.4 Å². The molecule has 1 aromatic heterocycles. The van der Waals surface area contributed by atoms with E-state index in [2.05, 4.69) is 19.7 Å². The number of thioether (sulfide) groups is 1. The van der Waals surface area contributed by atoms with Crippen LogP contribution in [0.5, 0.6) is 5.75 Å². The van der Waals surface area contributed by atoms with Crippen molar-refractivity contribution in [3.8, 4) is 5.75 Å². The highest BCUT2D eigenvalue weighted by Crippen LogP contribution is 2.33. The summed E-state index contributed by atoms with van der Waals surface area (Å²) in [6, 6.07) is 14.7. The van der Waals surface area contributed by atoms with Gasteiger partial charge in [-0.3, -0.25) is 4.57 Å². The van der Waals surface area contributed by atoms with Gasteiger partial charge in [-0.15, -0.1) is 10.2 Å². The molecular weight excluding hydrogens is 351 g/mol. The summed E-state index contributed by atoms with van der Waals surface area (Å²) in [4.78, 5) is 2.15. The predicted molar refractivity (Wildman–Crippen MR) is 101 cm³/mol. The van der Waals surface area contributed by atoms with Crippen LogP contribution in [-0.2, 0) is 12.3 Å². The van der Waals surface area contributed by atoms with E-state index >= 15 is 0 Å². The molecule has 7 heteroatoms. The molecule has 1 aliphatic rings. The van der Waals surface area contributed by atoms with E-state index in [1.807, 2.05) is 37.3 Å². The maximum Gasteiger partial charge on any atom is 0.232 e. The van der Waals surface area contributed by atoms with Crippen LogP contribution in [0.25, 0.3) is 0 Å². The van der Waals surface area contributed by atoms with Crippen LogP contribution in [0.2, 0.25) is 0 Å². The molecule has 0 unspecified atom stereocenters. The Morgan fingerprint density at radius 2 is 1.96 bits per heavy atom. The standard InChI is InChI=1S/C19H19FN4OS/c1-2-25-17-8-6-16(7-9-17)23-10-11-24-18(23)21-22-19(24)26-13-14-4-3-5-15(20)12-14/h3-9,12H,2,10-11,13H2,1H3. The molecule has 0 saturated carbocycles. The summed E-state index contributed by atoms with van der Waals surface area (Å²) < 4.78 is 20.9. The SMILES string of the molecule is CCOc1ccc(N2CCn3c(SCc4cccc(F)c4)nnc32)cc1. The highest BCUT2D eigenvalue weighted by molar-refractivity contribution is 7.98. The molecule has 0 aliphatic carbocycles.